The number of fused-ring (bicyclic) bond motifs is 1. The number of nitrogens with one attached hydrogen (secondary N) is 2. The van der Waals surface area contributed by atoms with Crippen LogP contribution in [0.4, 0.5) is 0 Å². The van der Waals surface area contributed by atoms with Crippen LogP contribution in [0.15, 0.2) is 24.3 Å². The van der Waals surface area contributed by atoms with Crippen molar-refractivity contribution in [2.75, 3.05) is 52.5 Å². The summed E-state index contributed by atoms with van der Waals surface area (Å²) < 4.78 is 16.6. The second-order valence-electron chi connectivity index (χ2n) is 5.92. The van der Waals surface area contributed by atoms with Crippen LogP contribution in [0.25, 0.3) is 0 Å². The van der Waals surface area contributed by atoms with Gasteiger partial charge in [-0.05, 0) is 12.1 Å². The summed E-state index contributed by atoms with van der Waals surface area (Å²) in [7, 11) is 0. The van der Waals surface area contributed by atoms with E-state index in [0.29, 0.717) is 44.4 Å². The lowest BCUT2D eigenvalue weighted by atomic mass is 10.2. The van der Waals surface area contributed by atoms with Crippen molar-refractivity contribution in [1.82, 2.24) is 15.5 Å². The monoisotopic (exact) mass is 349 g/mol. The average molecular weight is 349 g/mol. The van der Waals surface area contributed by atoms with Crippen LogP contribution in [0.2, 0.25) is 0 Å². The minimum absolute atomic E-state index is 0.212. The molecule has 3 rings (SSSR count). The molecule has 2 aliphatic rings. The van der Waals surface area contributed by atoms with Gasteiger partial charge in [0.25, 0.3) is 0 Å². The van der Waals surface area contributed by atoms with Crippen LogP contribution in [0.1, 0.15) is 0 Å². The molecular formula is C17H23N3O5. The fraction of sp³-hybridized carbons (Fsp3) is 0.529. The second kappa shape index (κ2) is 8.68. The first-order chi connectivity index (χ1) is 12.2. The second-order valence-corrected chi connectivity index (χ2v) is 5.92. The first-order valence-corrected chi connectivity index (χ1v) is 8.47. The SMILES string of the molecule is O=C(NCCN1CCOCC1)C(=O)NC[C@H]1COc2ccccc2O1. The summed E-state index contributed by atoms with van der Waals surface area (Å²) in [4.78, 5) is 25.9. The van der Waals surface area contributed by atoms with Gasteiger partial charge in [0.2, 0.25) is 0 Å². The van der Waals surface area contributed by atoms with Gasteiger partial charge in [0.15, 0.2) is 11.5 Å². The maximum Gasteiger partial charge on any atom is 0.309 e. The van der Waals surface area contributed by atoms with Gasteiger partial charge in [-0.1, -0.05) is 12.1 Å². The van der Waals surface area contributed by atoms with E-state index < -0.39 is 11.8 Å². The summed E-state index contributed by atoms with van der Waals surface area (Å²) in [6.45, 7) is 4.80. The molecule has 0 radical (unpaired) electrons. The van der Waals surface area contributed by atoms with E-state index in [4.69, 9.17) is 14.2 Å². The van der Waals surface area contributed by atoms with Crippen molar-refractivity contribution < 1.29 is 23.8 Å². The molecule has 0 bridgehead atoms. The molecule has 0 aliphatic carbocycles. The number of nitrogens with zero attached hydrogens (tertiary/aromatic N) is 1. The molecule has 2 N–H and O–H groups in total. The van der Waals surface area contributed by atoms with Crippen molar-refractivity contribution >= 4 is 11.8 Å². The van der Waals surface area contributed by atoms with Crippen LogP contribution in [0.3, 0.4) is 0 Å². The van der Waals surface area contributed by atoms with E-state index in [9.17, 15) is 9.59 Å². The maximum atomic E-state index is 11.9. The molecule has 25 heavy (non-hydrogen) atoms. The smallest absolute Gasteiger partial charge is 0.309 e. The molecule has 0 aromatic heterocycles. The Balaban J connectivity index is 1.34. The minimum atomic E-state index is -0.663. The highest BCUT2D eigenvalue weighted by Crippen LogP contribution is 2.30. The fourth-order valence-electron chi connectivity index (χ4n) is 2.68. The van der Waals surface area contributed by atoms with Crippen LogP contribution in [-0.2, 0) is 14.3 Å². The number of benzene rings is 1. The molecule has 1 fully saturated rings. The zero-order valence-corrected chi connectivity index (χ0v) is 14.0. The number of carbonyl (C=O) groups excluding carboxylic acids is 2. The molecule has 1 aromatic rings. The van der Waals surface area contributed by atoms with Crippen LogP contribution in [-0.4, -0.2) is 75.4 Å². The van der Waals surface area contributed by atoms with E-state index in [0.717, 1.165) is 13.1 Å². The van der Waals surface area contributed by atoms with Gasteiger partial charge in [-0.15, -0.1) is 0 Å². The summed E-state index contributed by atoms with van der Waals surface area (Å²) in [5, 5.41) is 5.21. The summed E-state index contributed by atoms with van der Waals surface area (Å²) in [6.07, 6.45) is -0.319. The largest absolute Gasteiger partial charge is 0.486 e. The molecule has 0 spiro atoms. The van der Waals surface area contributed by atoms with E-state index in [-0.39, 0.29) is 12.6 Å². The number of ether oxygens (including phenoxy) is 3. The maximum absolute atomic E-state index is 11.9. The van der Waals surface area contributed by atoms with Crippen LogP contribution < -0.4 is 20.1 Å². The summed E-state index contributed by atoms with van der Waals surface area (Å²) in [6, 6.07) is 7.35. The number of amides is 2. The fourth-order valence-corrected chi connectivity index (χ4v) is 2.68. The molecule has 2 amide bonds. The molecular weight excluding hydrogens is 326 g/mol. The Labute approximate surface area is 146 Å². The molecule has 1 atom stereocenters. The summed E-state index contributed by atoms with van der Waals surface area (Å²) in [5.41, 5.74) is 0. The summed E-state index contributed by atoms with van der Waals surface area (Å²) in [5.74, 6) is 0.0312. The molecule has 0 unspecified atom stereocenters. The number of morpholine rings is 1. The van der Waals surface area contributed by atoms with Gasteiger partial charge in [0.05, 0.1) is 19.8 Å². The average Bonchev–Trinajstić information content (AvgIpc) is 2.66. The Hall–Kier alpha value is -2.32. The summed E-state index contributed by atoms with van der Waals surface area (Å²) >= 11 is 0. The van der Waals surface area contributed by atoms with Gasteiger partial charge in [-0.3, -0.25) is 14.5 Å². The quantitative estimate of drug-likeness (QED) is 0.690. The first kappa shape index (κ1) is 17.5. The number of para-hydroxylation sites is 2. The Kier molecular flexibility index (Phi) is 6.08. The van der Waals surface area contributed by atoms with E-state index in [1.165, 1.54) is 0 Å². The molecule has 2 aliphatic heterocycles. The molecule has 8 heteroatoms. The highest BCUT2D eigenvalue weighted by molar-refractivity contribution is 6.35. The normalized spacial score (nSPS) is 19.9. The highest BCUT2D eigenvalue weighted by atomic mass is 16.6. The number of rotatable bonds is 5. The van der Waals surface area contributed by atoms with E-state index in [2.05, 4.69) is 15.5 Å². The Morgan fingerprint density at radius 1 is 1.08 bits per heavy atom. The molecule has 8 nitrogen and oxygen atoms in total. The molecule has 1 aromatic carbocycles. The van der Waals surface area contributed by atoms with E-state index in [1.54, 1.807) is 0 Å². The van der Waals surface area contributed by atoms with Crippen molar-refractivity contribution in [3.05, 3.63) is 24.3 Å². The minimum Gasteiger partial charge on any atom is -0.486 e. The van der Waals surface area contributed by atoms with Gasteiger partial charge in [-0.2, -0.15) is 0 Å². The van der Waals surface area contributed by atoms with Crippen molar-refractivity contribution in [3.63, 3.8) is 0 Å². The zero-order valence-electron chi connectivity index (χ0n) is 14.0. The Bertz CT molecular complexity index is 604. The van der Waals surface area contributed by atoms with Crippen molar-refractivity contribution in [2.45, 2.75) is 6.10 Å². The van der Waals surface area contributed by atoms with Gasteiger partial charge in [0, 0.05) is 26.2 Å². The Morgan fingerprint density at radius 3 is 2.60 bits per heavy atom. The molecule has 0 saturated carbocycles. The zero-order chi connectivity index (χ0) is 17.5. The Morgan fingerprint density at radius 2 is 1.80 bits per heavy atom. The van der Waals surface area contributed by atoms with Gasteiger partial charge < -0.3 is 24.8 Å². The van der Waals surface area contributed by atoms with E-state index in [1.807, 2.05) is 24.3 Å². The molecule has 136 valence electrons. The lowest BCUT2D eigenvalue weighted by Gasteiger charge is -2.27. The number of hydrogen-bond donors (Lipinski definition) is 2. The predicted molar refractivity (Wildman–Crippen MR) is 89.6 cm³/mol. The lowest BCUT2D eigenvalue weighted by molar-refractivity contribution is -0.139. The van der Waals surface area contributed by atoms with Crippen LogP contribution in [0, 0.1) is 0 Å². The van der Waals surface area contributed by atoms with Gasteiger partial charge in [-0.25, -0.2) is 0 Å². The number of hydrogen-bond acceptors (Lipinski definition) is 6. The topological polar surface area (TPSA) is 89.1 Å². The van der Waals surface area contributed by atoms with E-state index >= 15 is 0 Å². The van der Waals surface area contributed by atoms with Crippen molar-refractivity contribution in [1.29, 1.82) is 0 Å². The van der Waals surface area contributed by atoms with Gasteiger partial charge in [0.1, 0.15) is 12.7 Å². The van der Waals surface area contributed by atoms with Gasteiger partial charge >= 0.3 is 11.8 Å². The number of carbonyl (C=O) groups is 2. The van der Waals surface area contributed by atoms with Crippen LogP contribution >= 0.6 is 0 Å². The molecule has 1 saturated heterocycles. The van der Waals surface area contributed by atoms with Crippen LogP contribution in [0.5, 0.6) is 11.5 Å². The third kappa shape index (κ3) is 5.07. The predicted octanol–water partition coefficient (Wildman–Crippen LogP) is -0.609. The first-order valence-electron chi connectivity index (χ1n) is 8.47. The molecule has 2 heterocycles. The van der Waals surface area contributed by atoms with Crippen molar-refractivity contribution in [3.8, 4) is 11.5 Å². The lowest BCUT2D eigenvalue weighted by Crippen LogP contribution is -2.47. The van der Waals surface area contributed by atoms with Crippen molar-refractivity contribution in [2.24, 2.45) is 0 Å². The standard InChI is InChI=1S/C17H23N3O5/c21-16(18-5-6-20-7-9-23-10-8-20)17(22)19-11-13-12-24-14-3-1-2-4-15(14)25-13/h1-4,13H,5-12H2,(H,18,21)(H,19,22)/t13-/m0/s1. The highest BCUT2D eigenvalue weighted by Gasteiger charge is 2.22. The third-order valence-electron chi connectivity index (χ3n) is 4.08. The third-order valence-corrected chi connectivity index (χ3v) is 4.08.